The van der Waals surface area contributed by atoms with Gasteiger partial charge in [0.25, 0.3) is 5.69 Å². The maximum atomic E-state index is 10.5. The number of rotatable bonds is 5. The molecule has 0 atom stereocenters. The molecule has 0 saturated heterocycles. The van der Waals surface area contributed by atoms with Crippen molar-refractivity contribution < 1.29 is 14.3 Å². The normalized spacial score (nSPS) is 10.3. The quantitative estimate of drug-likeness (QED) is 0.609. The van der Waals surface area contributed by atoms with Crippen LogP contribution in [0.4, 0.5) is 11.6 Å². The van der Waals surface area contributed by atoms with E-state index in [1.807, 2.05) is 0 Å². The molecule has 0 unspecified atom stereocenters. The van der Waals surface area contributed by atoms with Gasteiger partial charge < -0.3 is 4.42 Å². The minimum Gasteiger partial charge on any atom is -0.406 e. The van der Waals surface area contributed by atoms with E-state index in [9.17, 15) is 20.2 Å². The Kier molecular flexibility index (Phi) is 3.56. The second-order valence-electron chi connectivity index (χ2n) is 3.92. The number of nitro groups is 2. The van der Waals surface area contributed by atoms with Crippen LogP contribution in [-0.2, 0) is 12.8 Å². The van der Waals surface area contributed by atoms with E-state index in [-0.39, 0.29) is 11.6 Å². The molecule has 0 amide bonds. The SMILES string of the molecule is O=[N+]([O-])c1ccc(CCc2ccc([N+](=O)[O-])o2)cc1. The summed E-state index contributed by atoms with van der Waals surface area (Å²) in [6, 6.07) is 9.06. The van der Waals surface area contributed by atoms with Crippen LogP contribution in [0.5, 0.6) is 0 Å². The number of nitrogens with zero attached hydrogens (tertiary/aromatic N) is 2. The molecule has 1 heterocycles. The van der Waals surface area contributed by atoms with Gasteiger partial charge >= 0.3 is 5.88 Å². The number of benzene rings is 1. The molecule has 98 valence electrons. The van der Waals surface area contributed by atoms with Gasteiger partial charge in [0.1, 0.15) is 10.7 Å². The first kappa shape index (κ1) is 12.7. The molecule has 0 fully saturated rings. The molecule has 2 aromatic rings. The lowest BCUT2D eigenvalue weighted by Gasteiger charge is -1.98. The third-order valence-electron chi connectivity index (χ3n) is 2.63. The highest BCUT2D eigenvalue weighted by atomic mass is 16.6. The highest BCUT2D eigenvalue weighted by Crippen LogP contribution is 2.18. The third-order valence-corrected chi connectivity index (χ3v) is 2.63. The molecule has 0 N–H and O–H groups in total. The highest BCUT2D eigenvalue weighted by Gasteiger charge is 2.11. The van der Waals surface area contributed by atoms with Crippen molar-refractivity contribution in [3.8, 4) is 0 Å². The Morgan fingerprint density at radius 3 is 2.11 bits per heavy atom. The summed E-state index contributed by atoms with van der Waals surface area (Å²) in [5.74, 6) is 0.240. The fourth-order valence-electron chi connectivity index (χ4n) is 1.65. The summed E-state index contributed by atoms with van der Waals surface area (Å²) in [5.41, 5.74) is 0.946. The highest BCUT2D eigenvalue weighted by molar-refractivity contribution is 5.33. The lowest BCUT2D eigenvalue weighted by molar-refractivity contribution is -0.402. The van der Waals surface area contributed by atoms with E-state index in [0.717, 1.165) is 5.56 Å². The number of non-ortho nitro benzene ring substituents is 1. The average Bonchev–Trinajstić information content (AvgIpc) is 2.86. The topological polar surface area (TPSA) is 99.4 Å². The molecule has 7 nitrogen and oxygen atoms in total. The van der Waals surface area contributed by atoms with Crippen molar-refractivity contribution in [2.24, 2.45) is 0 Å². The summed E-state index contributed by atoms with van der Waals surface area (Å²) in [4.78, 5) is 19.9. The Bertz CT molecular complexity index is 603. The molecular formula is C12H10N2O5. The van der Waals surface area contributed by atoms with Crippen molar-refractivity contribution in [1.29, 1.82) is 0 Å². The fourth-order valence-corrected chi connectivity index (χ4v) is 1.65. The molecule has 0 bridgehead atoms. The van der Waals surface area contributed by atoms with Gasteiger partial charge in [-0.25, -0.2) is 0 Å². The molecule has 0 radical (unpaired) electrons. The van der Waals surface area contributed by atoms with Gasteiger partial charge in [-0.05, 0) is 18.1 Å². The van der Waals surface area contributed by atoms with Gasteiger partial charge in [-0.3, -0.25) is 20.2 Å². The summed E-state index contributed by atoms with van der Waals surface area (Å²) in [5, 5.41) is 20.9. The van der Waals surface area contributed by atoms with Crippen LogP contribution >= 0.6 is 0 Å². The van der Waals surface area contributed by atoms with Crippen molar-refractivity contribution in [2.75, 3.05) is 0 Å². The molecule has 1 aromatic heterocycles. The Labute approximate surface area is 107 Å². The van der Waals surface area contributed by atoms with Crippen LogP contribution < -0.4 is 0 Å². The Morgan fingerprint density at radius 1 is 0.895 bits per heavy atom. The third kappa shape index (κ3) is 3.15. The minimum absolute atomic E-state index is 0.0392. The zero-order chi connectivity index (χ0) is 13.8. The van der Waals surface area contributed by atoms with E-state index in [2.05, 4.69) is 0 Å². The Morgan fingerprint density at radius 2 is 1.58 bits per heavy atom. The molecule has 0 saturated carbocycles. The number of hydrogen-bond donors (Lipinski definition) is 0. The molecule has 0 spiro atoms. The Balaban J connectivity index is 1.97. The summed E-state index contributed by atoms with van der Waals surface area (Å²) in [7, 11) is 0. The summed E-state index contributed by atoms with van der Waals surface area (Å²) in [6.07, 6.45) is 1.11. The number of furan rings is 1. The fraction of sp³-hybridized carbons (Fsp3) is 0.167. The molecule has 2 rings (SSSR count). The smallest absolute Gasteiger partial charge is 0.406 e. The predicted molar refractivity (Wildman–Crippen MR) is 65.9 cm³/mol. The Hall–Kier alpha value is -2.70. The zero-order valence-electron chi connectivity index (χ0n) is 9.81. The molecule has 0 aliphatic heterocycles. The largest absolute Gasteiger partial charge is 0.433 e. The first-order valence-corrected chi connectivity index (χ1v) is 5.52. The van der Waals surface area contributed by atoms with E-state index in [1.165, 1.54) is 18.2 Å². The van der Waals surface area contributed by atoms with Crippen molar-refractivity contribution in [2.45, 2.75) is 12.8 Å². The van der Waals surface area contributed by atoms with E-state index >= 15 is 0 Å². The van der Waals surface area contributed by atoms with Gasteiger partial charge in [0.05, 0.1) is 11.0 Å². The van der Waals surface area contributed by atoms with Gasteiger partial charge in [0, 0.05) is 18.6 Å². The van der Waals surface area contributed by atoms with Crippen molar-refractivity contribution in [3.05, 3.63) is 68.0 Å². The average molecular weight is 262 g/mol. The van der Waals surface area contributed by atoms with E-state index in [0.29, 0.717) is 18.6 Å². The first-order chi connectivity index (χ1) is 9.06. The molecular weight excluding hydrogens is 252 g/mol. The second kappa shape index (κ2) is 5.30. The van der Waals surface area contributed by atoms with Gasteiger partial charge in [0.2, 0.25) is 0 Å². The lowest BCUT2D eigenvalue weighted by atomic mass is 10.1. The monoisotopic (exact) mass is 262 g/mol. The first-order valence-electron chi connectivity index (χ1n) is 5.52. The van der Waals surface area contributed by atoms with E-state index in [4.69, 9.17) is 4.42 Å². The van der Waals surface area contributed by atoms with Crippen LogP contribution in [0.25, 0.3) is 0 Å². The van der Waals surface area contributed by atoms with Gasteiger partial charge in [-0.2, -0.15) is 0 Å². The van der Waals surface area contributed by atoms with Crippen molar-refractivity contribution in [3.63, 3.8) is 0 Å². The molecule has 19 heavy (non-hydrogen) atoms. The van der Waals surface area contributed by atoms with Crippen LogP contribution in [0.15, 0.2) is 40.8 Å². The summed E-state index contributed by atoms with van der Waals surface area (Å²) >= 11 is 0. The molecule has 0 aliphatic rings. The molecule has 7 heteroatoms. The van der Waals surface area contributed by atoms with Crippen LogP contribution in [0.2, 0.25) is 0 Å². The van der Waals surface area contributed by atoms with Crippen molar-refractivity contribution >= 4 is 11.6 Å². The van der Waals surface area contributed by atoms with Gasteiger partial charge in [-0.1, -0.05) is 12.1 Å². The van der Waals surface area contributed by atoms with Crippen LogP contribution in [0, 0.1) is 20.2 Å². The van der Waals surface area contributed by atoms with Gasteiger partial charge in [0.15, 0.2) is 0 Å². The summed E-state index contributed by atoms with van der Waals surface area (Å²) < 4.78 is 5.02. The zero-order valence-corrected chi connectivity index (χ0v) is 9.81. The van der Waals surface area contributed by atoms with E-state index < -0.39 is 9.85 Å². The van der Waals surface area contributed by atoms with Gasteiger partial charge in [-0.15, -0.1) is 0 Å². The second-order valence-corrected chi connectivity index (χ2v) is 3.92. The van der Waals surface area contributed by atoms with E-state index in [1.54, 1.807) is 18.2 Å². The maximum Gasteiger partial charge on any atom is 0.433 e. The summed E-state index contributed by atoms with van der Waals surface area (Å²) in [6.45, 7) is 0. The van der Waals surface area contributed by atoms with Crippen LogP contribution in [-0.4, -0.2) is 9.85 Å². The predicted octanol–water partition coefficient (Wildman–Crippen LogP) is 2.88. The number of aryl methyl sites for hydroxylation is 2. The number of nitro benzene ring substituents is 1. The van der Waals surface area contributed by atoms with Crippen molar-refractivity contribution in [1.82, 2.24) is 0 Å². The lowest BCUT2D eigenvalue weighted by Crippen LogP contribution is -1.92. The van der Waals surface area contributed by atoms with Crippen LogP contribution in [0.1, 0.15) is 11.3 Å². The standard InChI is InChI=1S/C12H10N2O5/c15-13(16)10-4-1-9(2-5-10)3-6-11-7-8-12(19-11)14(17)18/h1-2,4-5,7-8H,3,6H2. The molecule has 0 aliphatic carbocycles. The number of hydrogen-bond acceptors (Lipinski definition) is 5. The minimum atomic E-state index is -0.588. The van der Waals surface area contributed by atoms with Crippen LogP contribution in [0.3, 0.4) is 0 Å². The maximum absolute atomic E-state index is 10.5. The molecule has 1 aromatic carbocycles.